The fourth-order valence-electron chi connectivity index (χ4n) is 1.64. The van der Waals surface area contributed by atoms with E-state index in [2.05, 4.69) is 0 Å². The molecule has 0 amide bonds. The third-order valence-corrected chi connectivity index (χ3v) is 2.97. The average molecular weight is 218 g/mol. The molecular formula is C14H18O2. The van der Waals surface area contributed by atoms with Crippen LogP contribution in [0.15, 0.2) is 24.3 Å². The molecule has 1 aromatic rings. The third kappa shape index (κ3) is 3.02. The number of Topliss-reactive ketones (excluding diaryl/α,β-unsaturated/α-hetero) is 1. The lowest BCUT2D eigenvalue weighted by molar-refractivity contribution is -0.117. The van der Waals surface area contributed by atoms with Crippen molar-refractivity contribution in [3.8, 4) is 0 Å². The van der Waals surface area contributed by atoms with E-state index >= 15 is 0 Å². The monoisotopic (exact) mass is 218 g/mol. The first-order valence-corrected chi connectivity index (χ1v) is 5.51. The first kappa shape index (κ1) is 12.6. The molecule has 0 aliphatic rings. The van der Waals surface area contributed by atoms with Crippen molar-refractivity contribution in [2.75, 3.05) is 0 Å². The van der Waals surface area contributed by atoms with Crippen molar-refractivity contribution in [2.45, 2.75) is 39.0 Å². The SMILES string of the molecule is CC(=O)CC[C@@](C)(C=O)c1ccc(C)cc1. The van der Waals surface area contributed by atoms with Gasteiger partial charge in [-0.15, -0.1) is 0 Å². The Labute approximate surface area is 96.7 Å². The maximum atomic E-state index is 11.2. The van der Waals surface area contributed by atoms with E-state index in [9.17, 15) is 9.59 Å². The summed E-state index contributed by atoms with van der Waals surface area (Å²) in [5, 5.41) is 0. The Morgan fingerprint density at radius 2 is 1.88 bits per heavy atom. The van der Waals surface area contributed by atoms with Gasteiger partial charge in [-0.2, -0.15) is 0 Å². The second-order valence-corrected chi connectivity index (χ2v) is 4.60. The zero-order chi connectivity index (χ0) is 12.2. The van der Waals surface area contributed by atoms with Crippen LogP contribution in [0.25, 0.3) is 0 Å². The number of benzene rings is 1. The molecule has 1 aromatic carbocycles. The molecule has 0 radical (unpaired) electrons. The highest BCUT2D eigenvalue weighted by Gasteiger charge is 2.25. The van der Waals surface area contributed by atoms with Gasteiger partial charge >= 0.3 is 0 Å². The van der Waals surface area contributed by atoms with Crippen molar-refractivity contribution in [3.63, 3.8) is 0 Å². The number of hydrogen-bond acceptors (Lipinski definition) is 2. The first-order valence-electron chi connectivity index (χ1n) is 5.51. The molecule has 0 saturated heterocycles. The quantitative estimate of drug-likeness (QED) is 0.712. The summed E-state index contributed by atoms with van der Waals surface area (Å²) in [5.74, 6) is 0.125. The molecule has 0 aromatic heterocycles. The van der Waals surface area contributed by atoms with E-state index in [1.54, 1.807) is 6.92 Å². The van der Waals surface area contributed by atoms with Crippen molar-refractivity contribution in [2.24, 2.45) is 0 Å². The number of rotatable bonds is 5. The Morgan fingerprint density at radius 3 is 2.31 bits per heavy atom. The molecule has 0 N–H and O–H groups in total. The van der Waals surface area contributed by atoms with Crippen LogP contribution < -0.4 is 0 Å². The summed E-state index contributed by atoms with van der Waals surface area (Å²) in [4.78, 5) is 22.2. The Hall–Kier alpha value is -1.44. The van der Waals surface area contributed by atoms with Gasteiger partial charge in [0.15, 0.2) is 0 Å². The average Bonchev–Trinajstić information content (AvgIpc) is 2.27. The standard InChI is InChI=1S/C14H18O2/c1-11-4-6-13(7-5-11)14(3,10-15)9-8-12(2)16/h4-7,10H,8-9H2,1-3H3/t14-/m0/s1. The fraction of sp³-hybridized carbons (Fsp3) is 0.429. The summed E-state index contributed by atoms with van der Waals surface area (Å²) < 4.78 is 0. The maximum Gasteiger partial charge on any atom is 0.130 e. The molecule has 0 aliphatic heterocycles. The van der Waals surface area contributed by atoms with E-state index in [0.29, 0.717) is 12.8 Å². The molecule has 86 valence electrons. The predicted molar refractivity (Wildman–Crippen MR) is 64.5 cm³/mol. The van der Waals surface area contributed by atoms with Crippen molar-refractivity contribution in [1.82, 2.24) is 0 Å². The van der Waals surface area contributed by atoms with Gasteiger partial charge in [0, 0.05) is 11.8 Å². The van der Waals surface area contributed by atoms with Crippen LogP contribution in [-0.2, 0) is 15.0 Å². The van der Waals surface area contributed by atoms with Crippen molar-refractivity contribution in [1.29, 1.82) is 0 Å². The van der Waals surface area contributed by atoms with Crippen LogP contribution >= 0.6 is 0 Å². The Morgan fingerprint density at radius 1 is 1.31 bits per heavy atom. The van der Waals surface area contributed by atoms with Gasteiger partial charge in [0.25, 0.3) is 0 Å². The Kier molecular flexibility index (Phi) is 3.99. The summed E-state index contributed by atoms with van der Waals surface area (Å²) in [7, 11) is 0. The molecule has 2 nitrogen and oxygen atoms in total. The molecular weight excluding hydrogens is 200 g/mol. The van der Waals surface area contributed by atoms with Crippen LogP contribution in [-0.4, -0.2) is 12.1 Å². The smallest absolute Gasteiger partial charge is 0.130 e. The minimum absolute atomic E-state index is 0.125. The molecule has 1 rings (SSSR count). The number of aryl methyl sites for hydroxylation is 1. The predicted octanol–water partition coefficient (Wildman–Crippen LogP) is 2.82. The van der Waals surface area contributed by atoms with Gasteiger partial charge in [-0.3, -0.25) is 0 Å². The van der Waals surface area contributed by atoms with E-state index in [0.717, 1.165) is 11.8 Å². The Balaban J connectivity index is 2.90. The molecule has 0 fully saturated rings. The van der Waals surface area contributed by atoms with Crippen molar-refractivity contribution < 1.29 is 9.59 Å². The maximum absolute atomic E-state index is 11.2. The molecule has 0 saturated carbocycles. The first-order chi connectivity index (χ1) is 7.48. The molecule has 0 aliphatic carbocycles. The van der Waals surface area contributed by atoms with Gasteiger partial charge in [-0.25, -0.2) is 0 Å². The lowest BCUT2D eigenvalue weighted by atomic mass is 9.79. The summed E-state index contributed by atoms with van der Waals surface area (Å²) in [5.41, 5.74) is 1.61. The lowest BCUT2D eigenvalue weighted by Crippen LogP contribution is -2.24. The number of carbonyl (C=O) groups is 2. The highest BCUT2D eigenvalue weighted by atomic mass is 16.1. The molecule has 0 spiro atoms. The number of aldehydes is 1. The van der Waals surface area contributed by atoms with E-state index in [4.69, 9.17) is 0 Å². The Bertz CT molecular complexity index is 378. The highest BCUT2D eigenvalue weighted by molar-refractivity contribution is 5.77. The van der Waals surface area contributed by atoms with Crippen molar-refractivity contribution >= 4 is 12.1 Å². The van der Waals surface area contributed by atoms with E-state index in [1.807, 2.05) is 38.1 Å². The van der Waals surface area contributed by atoms with Gasteiger partial charge < -0.3 is 9.59 Å². The topological polar surface area (TPSA) is 34.1 Å². The van der Waals surface area contributed by atoms with Gasteiger partial charge in [0.2, 0.25) is 0 Å². The van der Waals surface area contributed by atoms with Crippen LogP contribution in [0.3, 0.4) is 0 Å². The van der Waals surface area contributed by atoms with Crippen LogP contribution in [0.5, 0.6) is 0 Å². The minimum Gasteiger partial charge on any atom is -0.302 e. The zero-order valence-corrected chi connectivity index (χ0v) is 10.1. The summed E-state index contributed by atoms with van der Waals surface area (Å²) in [6.07, 6.45) is 1.97. The van der Waals surface area contributed by atoms with Crippen LogP contribution in [0.2, 0.25) is 0 Å². The molecule has 0 unspecified atom stereocenters. The summed E-state index contributed by atoms with van der Waals surface area (Å²) in [6.45, 7) is 5.45. The lowest BCUT2D eigenvalue weighted by Gasteiger charge is -2.23. The highest BCUT2D eigenvalue weighted by Crippen LogP contribution is 2.27. The minimum atomic E-state index is -0.542. The molecule has 2 heteroatoms. The van der Waals surface area contributed by atoms with Gasteiger partial charge in [0.05, 0.1) is 0 Å². The summed E-state index contributed by atoms with van der Waals surface area (Å²) >= 11 is 0. The fourth-order valence-corrected chi connectivity index (χ4v) is 1.64. The zero-order valence-electron chi connectivity index (χ0n) is 10.1. The second kappa shape index (κ2) is 5.06. The molecule has 0 heterocycles. The second-order valence-electron chi connectivity index (χ2n) is 4.60. The van der Waals surface area contributed by atoms with E-state index in [1.165, 1.54) is 5.56 Å². The van der Waals surface area contributed by atoms with Crippen LogP contribution in [0, 0.1) is 6.92 Å². The summed E-state index contributed by atoms with van der Waals surface area (Å²) in [6, 6.07) is 7.91. The van der Waals surface area contributed by atoms with Gasteiger partial charge in [0.1, 0.15) is 12.1 Å². The van der Waals surface area contributed by atoms with Gasteiger partial charge in [-0.1, -0.05) is 29.8 Å². The number of ketones is 1. The largest absolute Gasteiger partial charge is 0.302 e. The van der Waals surface area contributed by atoms with Crippen molar-refractivity contribution in [3.05, 3.63) is 35.4 Å². The molecule has 0 bridgehead atoms. The van der Waals surface area contributed by atoms with Crippen LogP contribution in [0.4, 0.5) is 0 Å². The number of carbonyl (C=O) groups excluding carboxylic acids is 2. The third-order valence-electron chi connectivity index (χ3n) is 2.97. The number of hydrogen-bond donors (Lipinski definition) is 0. The van der Waals surface area contributed by atoms with E-state index in [-0.39, 0.29) is 5.78 Å². The molecule has 16 heavy (non-hydrogen) atoms. The van der Waals surface area contributed by atoms with Gasteiger partial charge in [-0.05, 0) is 32.8 Å². The van der Waals surface area contributed by atoms with Crippen LogP contribution in [0.1, 0.15) is 37.8 Å². The molecule has 1 atom stereocenters. The normalized spacial score (nSPS) is 14.2. The van der Waals surface area contributed by atoms with E-state index < -0.39 is 5.41 Å².